The maximum absolute atomic E-state index is 12.6. The maximum Gasteiger partial charge on any atom is 0.253 e. The lowest BCUT2D eigenvalue weighted by molar-refractivity contribution is 0.0724. The number of hydrogen-bond donors (Lipinski definition) is 0. The van der Waals surface area contributed by atoms with E-state index >= 15 is 0 Å². The molecule has 2 aromatic carbocycles. The molecule has 7 heteroatoms. The molecule has 0 atom stereocenters. The first kappa shape index (κ1) is 20.3. The molecule has 0 saturated carbocycles. The van der Waals surface area contributed by atoms with E-state index in [-0.39, 0.29) is 16.6 Å². The van der Waals surface area contributed by atoms with E-state index < -0.39 is 9.84 Å². The van der Waals surface area contributed by atoms with Gasteiger partial charge in [-0.25, -0.2) is 13.4 Å². The molecule has 1 aliphatic rings. The third kappa shape index (κ3) is 4.31. The molecule has 1 amide bonds. The topological polar surface area (TPSA) is 80.5 Å². The van der Waals surface area contributed by atoms with Gasteiger partial charge in [-0.2, -0.15) is 0 Å². The summed E-state index contributed by atoms with van der Waals surface area (Å²) >= 11 is 0. The Hall–Kier alpha value is -2.93. The van der Waals surface area contributed by atoms with Crippen molar-refractivity contribution in [3.63, 3.8) is 0 Å². The number of rotatable bonds is 5. The highest BCUT2D eigenvalue weighted by Gasteiger charge is 2.22. The molecule has 156 valence electrons. The lowest BCUT2D eigenvalue weighted by atomic mass is 10.1. The summed E-state index contributed by atoms with van der Waals surface area (Å²) in [7, 11) is -3.51. The largest absolute Gasteiger partial charge is 0.441 e. The van der Waals surface area contributed by atoms with Gasteiger partial charge in [0, 0.05) is 24.2 Å². The van der Waals surface area contributed by atoms with E-state index in [0.29, 0.717) is 28.5 Å². The number of piperidine rings is 1. The number of benzene rings is 2. The SMILES string of the molecule is Cc1oc(-c2ccc(C(=O)N3CCCCC3)cc2)nc1CS(=O)(=O)c1ccccc1. The highest BCUT2D eigenvalue weighted by atomic mass is 32.2. The molecule has 30 heavy (non-hydrogen) atoms. The lowest BCUT2D eigenvalue weighted by Gasteiger charge is -2.26. The van der Waals surface area contributed by atoms with Gasteiger partial charge in [-0.1, -0.05) is 18.2 Å². The zero-order valence-corrected chi connectivity index (χ0v) is 17.7. The van der Waals surface area contributed by atoms with Crippen LogP contribution < -0.4 is 0 Å². The average Bonchev–Trinajstić information content (AvgIpc) is 3.14. The van der Waals surface area contributed by atoms with Crippen molar-refractivity contribution in [1.82, 2.24) is 9.88 Å². The van der Waals surface area contributed by atoms with Crippen molar-refractivity contribution >= 4 is 15.7 Å². The standard InChI is InChI=1S/C23H24N2O4S/c1-17-21(16-30(27,28)20-8-4-2-5-9-20)24-22(29-17)18-10-12-19(13-11-18)23(26)25-14-6-3-7-15-25/h2,4-5,8-13H,3,6-7,14-16H2,1H3. The summed E-state index contributed by atoms with van der Waals surface area (Å²) in [4.78, 5) is 19.2. The van der Waals surface area contributed by atoms with Crippen LogP contribution in [0.2, 0.25) is 0 Å². The highest BCUT2D eigenvalue weighted by Crippen LogP contribution is 2.25. The summed E-state index contributed by atoms with van der Waals surface area (Å²) < 4.78 is 31.0. The molecule has 0 bridgehead atoms. The number of aryl methyl sites for hydroxylation is 1. The molecule has 1 aliphatic heterocycles. The Morgan fingerprint density at radius 3 is 2.33 bits per heavy atom. The highest BCUT2D eigenvalue weighted by molar-refractivity contribution is 7.90. The molecule has 0 radical (unpaired) electrons. The van der Waals surface area contributed by atoms with Crippen molar-refractivity contribution in [3.8, 4) is 11.5 Å². The van der Waals surface area contributed by atoms with Gasteiger partial charge in [0.25, 0.3) is 5.91 Å². The smallest absolute Gasteiger partial charge is 0.253 e. The van der Waals surface area contributed by atoms with E-state index in [4.69, 9.17) is 4.42 Å². The number of hydrogen-bond acceptors (Lipinski definition) is 5. The average molecular weight is 425 g/mol. The van der Waals surface area contributed by atoms with Crippen LogP contribution in [0.5, 0.6) is 0 Å². The van der Waals surface area contributed by atoms with E-state index in [2.05, 4.69) is 4.98 Å². The summed E-state index contributed by atoms with van der Waals surface area (Å²) in [6, 6.07) is 15.4. The Bertz CT molecular complexity index is 1130. The fourth-order valence-electron chi connectivity index (χ4n) is 3.61. The van der Waals surface area contributed by atoms with Crippen LogP contribution in [0.1, 0.15) is 41.1 Å². The van der Waals surface area contributed by atoms with Crippen molar-refractivity contribution in [2.24, 2.45) is 0 Å². The molecule has 4 rings (SSSR count). The first-order valence-electron chi connectivity index (χ1n) is 10.1. The van der Waals surface area contributed by atoms with Crippen LogP contribution in [-0.4, -0.2) is 37.3 Å². The van der Waals surface area contributed by atoms with Crippen LogP contribution in [0.4, 0.5) is 0 Å². The first-order valence-corrected chi connectivity index (χ1v) is 11.7. The Labute approximate surface area is 176 Å². The zero-order chi connectivity index (χ0) is 21.1. The Morgan fingerprint density at radius 2 is 1.67 bits per heavy atom. The summed E-state index contributed by atoms with van der Waals surface area (Å²) in [5, 5.41) is 0. The Balaban J connectivity index is 1.52. The zero-order valence-electron chi connectivity index (χ0n) is 16.9. The number of oxazole rings is 1. The van der Waals surface area contributed by atoms with Crippen LogP contribution in [-0.2, 0) is 15.6 Å². The molecule has 0 unspecified atom stereocenters. The van der Waals surface area contributed by atoms with Gasteiger partial charge in [-0.3, -0.25) is 4.79 Å². The van der Waals surface area contributed by atoms with Gasteiger partial charge in [0.15, 0.2) is 9.84 Å². The van der Waals surface area contributed by atoms with Crippen LogP contribution in [0, 0.1) is 6.92 Å². The van der Waals surface area contributed by atoms with Crippen molar-refractivity contribution in [2.75, 3.05) is 13.1 Å². The molecule has 1 aromatic heterocycles. The van der Waals surface area contributed by atoms with Gasteiger partial charge in [0.1, 0.15) is 11.5 Å². The van der Waals surface area contributed by atoms with Crippen molar-refractivity contribution in [2.45, 2.75) is 36.8 Å². The predicted octanol–water partition coefficient (Wildman–Crippen LogP) is 4.25. The minimum Gasteiger partial charge on any atom is -0.441 e. The molecule has 1 fully saturated rings. The third-order valence-corrected chi connectivity index (χ3v) is 6.99. The summed E-state index contributed by atoms with van der Waals surface area (Å²) in [5.74, 6) is 0.637. The number of aromatic nitrogens is 1. The van der Waals surface area contributed by atoms with E-state index in [1.54, 1.807) is 61.5 Å². The minimum absolute atomic E-state index is 0.0412. The van der Waals surface area contributed by atoms with Crippen molar-refractivity contribution in [1.29, 1.82) is 0 Å². The molecular formula is C23H24N2O4S. The monoisotopic (exact) mass is 424 g/mol. The Morgan fingerprint density at radius 1 is 1.00 bits per heavy atom. The maximum atomic E-state index is 12.6. The quantitative estimate of drug-likeness (QED) is 0.612. The van der Waals surface area contributed by atoms with E-state index in [1.807, 2.05) is 4.90 Å². The van der Waals surface area contributed by atoms with Crippen LogP contribution in [0.25, 0.3) is 11.5 Å². The van der Waals surface area contributed by atoms with Gasteiger partial charge in [0.2, 0.25) is 5.89 Å². The number of likely N-dealkylation sites (tertiary alicyclic amines) is 1. The molecule has 0 N–H and O–H groups in total. The molecule has 0 spiro atoms. The van der Waals surface area contributed by atoms with Gasteiger partial charge in [-0.05, 0) is 62.6 Å². The molecular weight excluding hydrogens is 400 g/mol. The Kier molecular flexibility index (Phi) is 5.72. The van der Waals surface area contributed by atoms with Crippen LogP contribution in [0.15, 0.2) is 63.9 Å². The van der Waals surface area contributed by atoms with Gasteiger partial charge >= 0.3 is 0 Å². The van der Waals surface area contributed by atoms with Crippen molar-refractivity contribution in [3.05, 3.63) is 71.6 Å². The fraction of sp³-hybridized carbons (Fsp3) is 0.304. The van der Waals surface area contributed by atoms with Gasteiger partial charge in [0.05, 0.1) is 10.6 Å². The molecule has 3 aromatic rings. The van der Waals surface area contributed by atoms with E-state index in [0.717, 1.165) is 25.9 Å². The number of nitrogens with zero attached hydrogens (tertiary/aromatic N) is 2. The normalized spacial score (nSPS) is 14.6. The van der Waals surface area contributed by atoms with E-state index in [9.17, 15) is 13.2 Å². The molecule has 0 aliphatic carbocycles. The molecule has 2 heterocycles. The summed E-state index contributed by atoms with van der Waals surface area (Å²) in [6.45, 7) is 3.32. The lowest BCUT2D eigenvalue weighted by Crippen LogP contribution is -2.35. The van der Waals surface area contributed by atoms with Gasteiger partial charge < -0.3 is 9.32 Å². The summed E-state index contributed by atoms with van der Waals surface area (Å²) in [6.07, 6.45) is 3.27. The predicted molar refractivity (Wildman–Crippen MR) is 114 cm³/mol. The van der Waals surface area contributed by atoms with E-state index in [1.165, 1.54) is 6.42 Å². The number of amides is 1. The molecule has 6 nitrogen and oxygen atoms in total. The second-order valence-electron chi connectivity index (χ2n) is 7.52. The molecule has 1 saturated heterocycles. The first-order chi connectivity index (χ1) is 14.4. The number of sulfone groups is 1. The number of carbonyl (C=O) groups is 1. The van der Waals surface area contributed by atoms with Crippen LogP contribution >= 0.6 is 0 Å². The fourth-order valence-corrected chi connectivity index (χ4v) is 4.98. The van der Waals surface area contributed by atoms with Gasteiger partial charge in [-0.15, -0.1) is 0 Å². The minimum atomic E-state index is -3.51. The van der Waals surface area contributed by atoms with Crippen LogP contribution in [0.3, 0.4) is 0 Å². The number of carbonyl (C=O) groups excluding carboxylic acids is 1. The summed E-state index contributed by atoms with van der Waals surface area (Å²) in [5.41, 5.74) is 1.73. The third-order valence-electron chi connectivity index (χ3n) is 5.34. The second kappa shape index (κ2) is 8.44. The second-order valence-corrected chi connectivity index (χ2v) is 9.51. The van der Waals surface area contributed by atoms with Crippen molar-refractivity contribution < 1.29 is 17.6 Å².